The highest BCUT2D eigenvalue weighted by Crippen LogP contribution is 2.49. The molecule has 1 heterocycles. The number of rotatable bonds is 2. The van der Waals surface area contributed by atoms with Gasteiger partial charge in [0, 0.05) is 15.5 Å². The summed E-state index contributed by atoms with van der Waals surface area (Å²) in [5.41, 5.74) is 4.67. The van der Waals surface area contributed by atoms with Crippen molar-refractivity contribution in [3.8, 4) is 0 Å². The first-order valence-electron chi connectivity index (χ1n) is 7.36. The van der Waals surface area contributed by atoms with Crippen LogP contribution in [0.5, 0.6) is 0 Å². The Kier molecular flexibility index (Phi) is 4.21. The smallest absolute Gasteiger partial charge is 0.0601 e. The predicted octanol–water partition coefficient (Wildman–Crippen LogP) is 6.29. The third kappa shape index (κ3) is 2.75. The number of hydrogen-bond acceptors (Lipinski definition) is 2. The number of hydrogen-bond donors (Lipinski definition) is 0. The topological polar surface area (TPSA) is 3.24 Å². The van der Waals surface area contributed by atoms with Crippen molar-refractivity contribution < 1.29 is 0 Å². The molecule has 0 N–H and O–H groups in total. The summed E-state index contributed by atoms with van der Waals surface area (Å²) in [7, 11) is 0. The lowest BCUT2D eigenvalue weighted by atomic mass is 10.1. The van der Waals surface area contributed by atoms with E-state index in [1.54, 1.807) is 11.8 Å². The zero-order chi connectivity index (χ0) is 15.5. The maximum atomic E-state index is 4.04. The van der Waals surface area contributed by atoms with E-state index in [4.69, 9.17) is 0 Å². The van der Waals surface area contributed by atoms with Crippen LogP contribution in [0, 0.1) is 0 Å². The Balaban J connectivity index is 2.22. The van der Waals surface area contributed by atoms with E-state index in [1.807, 2.05) is 13.0 Å². The van der Waals surface area contributed by atoms with E-state index >= 15 is 0 Å². The van der Waals surface area contributed by atoms with E-state index in [-0.39, 0.29) is 0 Å². The summed E-state index contributed by atoms with van der Waals surface area (Å²) < 4.78 is 0. The van der Waals surface area contributed by atoms with Crippen molar-refractivity contribution in [1.29, 1.82) is 0 Å². The van der Waals surface area contributed by atoms with E-state index < -0.39 is 0 Å². The van der Waals surface area contributed by atoms with Gasteiger partial charge in [-0.1, -0.05) is 60.3 Å². The molecular formula is C20H19NS. The number of benzene rings is 2. The third-order valence-corrected chi connectivity index (χ3v) is 4.60. The summed E-state index contributed by atoms with van der Waals surface area (Å²) in [5, 5.41) is 0. The molecular weight excluding hydrogens is 286 g/mol. The van der Waals surface area contributed by atoms with Crippen LogP contribution in [0.15, 0.2) is 94.4 Å². The minimum Gasteiger partial charge on any atom is -0.309 e. The molecule has 0 saturated heterocycles. The Hall–Kier alpha value is -2.19. The number of allylic oxidation sites excluding steroid dienone is 3. The summed E-state index contributed by atoms with van der Waals surface area (Å²) in [6, 6.07) is 19.0. The van der Waals surface area contributed by atoms with E-state index in [9.17, 15) is 0 Å². The van der Waals surface area contributed by atoms with Crippen molar-refractivity contribution in [3.63, 3.8) is 0 Å². The van der Waals surface area contributed by atoms with Crippen molar-refractivity contribution in [2.75, 3.05) is 4.90 Å². The first-order valence-corrected chi connectivity index (χ1v) is 8.18. The van der Waals surface area contributed by atoms with Crippen LogP contribution >= 0.6 is 11.8 Å². The van der Waals surface area contributed by atoms with Crippen molar-refractivity contribution in [2.24, 2.45) is 0 Å². The van der Waals surface area contributed by atoms with E-state index in [0.717, 1.165) is 5.57 Å². The third-order valence-electron chi connectivity index (χ3n) is 3.48. The molecule has 2 aromatic carbocycles. The summed E-state index contributed by atoms with van der Waals surface area (Å²) in [4.78, 5) is 4.82. The minimum absolute atomic E-state index is 1.06. The molecule has 2 heteroatoms. The highest BCUT2D eigenvalue weighted by atomic mass is 32.2. The molecule has 1 nitrogen and oxygen atoms in total. The highest BCUT2D eigenvalue weighted by Gasteiger charge is 2.26. The molecule has 0 aromatic heterocycles. The Morgan fingerprint density at radius 1 is 1.05 bits per heavy atom. The Morgan fingerprint density at radius 2 is 1.73 bits per heavy atom. The molecule has 2 aromatic rings. The fraction of sp³-hybridized carbons (Fsp3) is 0.100. The first-order chi connectivity index (χ1) is 10.7. The average Bonchev–Trinajstić information content (AvgIpc) is 2.54. The number of thioether (sulfide) groups is 1. The molecule has 0 aliphatic carbocycles. The summed E-state index contributed by atoms with van der Waals surface area (Å²) >= 11 is 1.81. The second-order valence-electron chi connectivity index (χ2n) is 5.27. The van der Waals surface area contributed by atoms with Gasteiger partial charge >= 0.3 is 0 Å². The van der Waals surface area contributed by atoms with Crippen LogP contribution in [-0.4, -0.2) is 0 Å². The highest BCUT2D eigenvalue weighted by molar-refractivity contribution is 8.03. The maximum Gasteiger partial charge on any atom is 0.0601 e. The van der Waals surface area contributed by atoms with Gasteiger partial charge in [0.2, 0.25) is 0 Å². The number of fused-ring (bicyclic) bond motifs is 1. The average molecular weight is 305 g/mol. The van der Waals surface area contributed by atoms with Crippen LogP contribution in [0.1, 0.15) is 13.8 Å². The number of para-hydroxylation sites is 2. The van der Waals surface area contributed by atoms with Gasteiger partial charge in [-0.2, -0.15) is 0 Å². The van der Waals surface area contributed by atoms with Gasteiger partial charge in [0.1, 0.15) is 0 Å². The fourth-order valence-electron chi connectivity index (χ4n) is 2.59. The minimum atomic E-state index is 1.06. The van der Waals surface area contributed by atoms with E-state index in [2.05, 4.69) is 79.1 Å². The zero-order valence-electron chi connectivity index (χ0n) is 12.9. The molecule has 110 valence electrons. The van der Waals surface area contributed by atoms with Crippen LogP contribution in [0.2, 0.25) is 0 Å². The van der Waals surface area contributed by atoms with Gasteiger partial charge in [0.05, 0.1) is 11.4 Å². The van der Waals surface area contributed by atoms with Crippen LogP contribution in [0.25, 0.3) is 0 Å². The first kappa shape index (κ1) is 14.7. The molecule has 3 rings (SSSR count). The van der Waals surface area contributed by atoms with E-state index in [1.165, 1.54) is 26.9 Å². The van der Waals surface area contributed by atoms with Crippen molar-refractivity contribution in [1.82, 2.24) is 0 Å². The largest absolute Gasteiger partial charge is 0.309 e. The Bertz CT molecular complexity index is 756. The molecule has 0 saturated carbocycles. The molecule has 0 spiro atoms. The lowest BCUT2D eigenvalue weighted by molar-refractivity contribution is 1.14. The van der Waals surface area contributed by atoms with Gasteiger partial charge in [-0.05, 0) is 44.2 Å². The van der Waals surface area contributed by atoms with Gasteiger partial charge in [0.25, 0.3) is 0 Å². The van der Waals surface area contributed by atoms with Gasteiger partial charge in [-0.15, -0.1) is 0 Å². The quantitative estimate of drug-likeness (QED) is 0.641. The van der Waals surface area contributed by atoms with Crippen LogP contribution in [0.3, 0.4) is 0 Å². The maximum absolute atomic E-state index is 4.04. The lowest BCUT2D eigenvalue weighted by Crippen LogP contribution is -2.21. The Morgan fingerprint density at radius 3 is 2.41 bits per heavy atom. The predicted molar refractivity (Wildman–Crippen MR) is 97.5 cm³/mol. The summed E-state index contributed by atoms with van der Waals surface area (Å²) in [6.07, 6.45) is 4.33. The number of nitrogens with zero attached hydrogens (tertiary/aromatic N) is 1. The van der Waals surface area contributed by atoms with Crippen molar-refractivity contribution in [2.45, 2.75) is 18.7 Å². The fourth-order valence-corrected chi connectivity index (χ4v) is 3.81. The second-order valence-corrected chi connectivity index (χ2v) is 6.35. The van der Waals surface area contributed by atoms with Crippen molar-refractivity contribution in [3.05, 3.63) is 89.5 Å². The molecule has 22 heavy (non-hydrogen) atoms. The van der Waals surface area contributed by atoms with Crippen LogP contribution in [-0.2, 0) is 0 Å². The molecule has 0 unspecified atom stereocenters. The zero-order valence-corrected chi connectivity index (χ0v) is 13.7. The lowest BCUT2D eigenvalue weighted by Gasteiger charge is -2.34. The monoisotopic (exact) mass is 305 g/mol. The second kappa shape index (κ2) is 6.29. The normalized spacial score (nSPS) is 17.6. The molecule has 1 aliphatic heterocycles. The molecule has 0 fully saturated rings. The molecule has 0 amide bonds. The van der Waals surface area contributed by atoms with Gasteiger partial charge in [-0.25, -0.2) is 0 Å². The van der Waals surface area contributed by atoms with Crippen LogP contribution < -0.4 is 4.90 Å². The van der Waals surface area contributed by atoms with Gasteiger partial charge in [0.15, 0.2) is 0 Å². The molecule has 0 bridgehead atoms. The summed E-state index contributed by atoms with van der Waals surface area (Å²) in [5.74, 6) is 0. The molecule has 1 aliphatic rings. The van der Waals surface area contributed by atoms with Gasteiger partial charge < -0.3 is 4.90 Å². The van der Waals surface area contributed by atoms with E-state index in [0.29, 0.717) is 0 Å². The molecule has 0 atom stereocenters. The summed E-state index contributed by atoms with van der Waals surface area (Å²) in [6.45, 7) is 8.16. The van der Waals surface area contributed by atoms with Crippen molar-refractivity contribution >= 4 is 23.1 Å². The van der Waals surface area contributed by atoms with Gasteiger partial charge in [-0.3, -0.25) is 0 Å². The van der Waals surface area contributed by atoms with Crippen LogP contribution in [0.4, 0.5) is 11.4 Å². The Labute approximate surface area is 136 Å². The number of anilines is 2. The SMILES string of the molecule is C=C(C)/C=C1/Sc2ccccc2N(c2ccccc2)C1=CC. The molecule has 0 radical (unpaired) electrons. The standard InChI is InChI=1S/C20H19NS/c1-4-17-20(14-15(2)3)22-19-13-9-8-12-18(19)21(17)16-10-6-5-7-11-16/h4-14H,2H2,1,3H3/b17-4?,20-14+.